The number of hydrogen-bond donors (Lipinski definition) is 0. The predicted molar refractivity (Wildman–Crippen MR) is 110 cm³/mol. The van der Waals surface area contributed by atoms with Crippen molar-refractivity contribution >= 4 is 37.8 Å². The predicted octanol–water partition coefficient (Wildman–Crippen LogP) is 5.56. The van der Waals surface area contributed by atoms with Crippen LogP contribution in [-0.2, 0) is 0 Å². The van der Waals surface area contributed by atoms with E-state index in [9.17, 15) is 4.79 Å². The first-order valence-electron chi connectivity index (χ1n) is 8.49. The molecule has 0 radical (unpaired) electrons. The average Bonchev–Trinajstić information content (AvgIpc) is 3.08. The van der Waals surface area contributed by atoms with E-state index in [2.05, 4.69) is 15.9 Å². The molecule has 0 unspecified atom stereocenters. The molecule has 0 bridgehead atoms. The van der Waals surface area contributed by atoms with Crippen molar-refractivity contribution in [1.29, 1.82) is 0 Å². The van der Waals surface area contributed by atoms with Crippen LogP contribution in [0.15, 0.2) is 92.5 Å². The summed E-state index contributed by atoms with van der Waals surface area (Å²) in [4.78, 5) is 12.6. The fraction of sp³-hybridized carbons (Fsp3) is 0. The van der Waals surface area contributed by atoms with Gasteiger partial charge in [-0.15, -0.1) is 0 Å². The molecule has 0 saturated carbocycles. The maximum Gasteiger partial charge on any atom is 0.344 e. The Labute approximate surface area is 162 Å². The van der Waals surface area contributed by atoms with Gasteiger partial charge in [0.25, 0.3) is 0 Å². The molecule has 0 fully saturated rings. The number of aromatic nitrogens is 2. The fourth-order valence-electron chi connectivity index (χ4n) is 3.34. The summed E-state index contributed by atoms with van der Waals surface area (Å²) in [5.74, 6) is 0. The number of fused-ring (bicyclic) bond motifs is 3. The van der Waals surface area contributed by atoms with Crippen LogP contribution in [0.4, 0.5) is 0 Å². The highest BCUT2D eigenvalue weighted by molar-refractivity contribution is 9.10. The second kappa shape index (κ2) is 6.21. The zero-order valence-corrected chi connectivity index (χ0v) is 15.7. The van der Waals surface area contributed by atoms with Gasteiger partial charge in [0, 0.05) is 15.4 Å². The summed E-state index contributed by atoms with van der Waals surface area (Å²) in [6.07, 6.45) is 0. The van der Waals surface area contributed by atoms with Crippen LogP contribution in [0.3, 0.4) is 0 Å². The molecule has 0 spiro atoms. The minimum Gasteiger partial charge on any atom is -0.418 e. The van der Waals surface area contributed by atoms with E-state index in [-0.39, 0.29) is 5.63 Å². The van der Waals surface area contributed by atoms with E-state index < -0.39 is 0 Å². The van der Waals surface area contributed by atoms with Gasteiger partial charge in [0.05, 0.1) is 11.1 Å². The van der Waals surface area contributed by atoms with E-state index in [1.807, 2.05) is 77.5 Å². The Morgan fingerprint density at radius 2 is 1.48 bits per heavy atom. The zero-order valence-electron chi connectivity index (χ0n) is 14.1. The monoisotopic (exact) mass is 416 g/mol. The van der Waals surface area contributed by atoms with Crippen LogP contribution in [-0.4, -0.2) is 9.78 Å². The third-order valence-electron chi connectivity index (χ3n) is 4.57. The van der Waals surface area contributed by atoms with E-state index in [1.165, 1.54) is 0 Å². The van der Waals surface area contributed by atoms with Crippen molar-refractivity contribution < 1.29 is 4.42 Å². The minimum absolute atomic E-state index is 0.362. The van der Waals surface area contributed by atoms with Crippen LogP contribution >= 0.6 is 15.9 Å². The van der Waals surface area contributed by atoms with Gasteiger partial charge in [-0.3, -0.25) is 0 Å². The number of halogens is 1. The Morgan fingerprint density at radius 1 is 0.815 bits per heavy atom. The lowest BCUT2D eigenvalue weighted by Crippen LogP contribution is -2.01. The van der Waals surface area contributed by atoms with Crippen LogP contribution < -0.4 is 5.63 Å². The smallest absolute Gasteiger partial charge is 0.344 e. The number of rotatable bonds is 2. The van der Waals surface area contributed by atoms with Crippen molar-refractivity contribution in [2.75, 3.05) is 0 Å². The molecule has 0 aliphatic carbocycles. The summed E-state index contributed by atoms with van der Waals surface area (Å²) < 4.78 is 8.49. The van der Waals surface area contributed by atoms with E-state index >= 15 is 0 Å². The first-order valence-corrected chi connectivity index (χ1v) is 9.28. The summed E-state index contributed by atoms with van der Waals surface area (Å²) in [6.45, 7) is 0. The van der Waals surface area contributed by atoms with E-state index in [4.69, 9.17) is 9.52 Å². The molecule has 2 aromatic heterocycles. The van der Waals surface area contributed by atoms with Crippen LogP contribution in [0, 0.1) is 0 Å². The number of hydrogen-bond acceptors (Lipinski definition) is 3. The van der Waals surface area contributed by atoms with Gasteiger partial charge in [-0.05, 0) is 24.3 Å². The molecule has 3 aromatic carbocycles. The van der Waals surface area contributed by atoms with E-state index in [0.29, 0.717) is 16.7 Å². The maximum absolute atomic E-state index is 12.6. The van der Waals surface area contributed by atoms with Crippen molar-refractivity contribution in [3.63, 3.8) is 0 Å². The SMILES string of the molecule is O=c1oc2c(-c3ccccc3Br)nn(-c3ccccc3)c2c2ccccc12. The van der Waals surface area contributed by atoms with Crippen molar-refractivity contribution in [3.8, 4) is 16.9 Å². The number of para-hydroxylation sites is 1. The van der Waals surface area contributed by atoms with Gasteiger partial charge in [0.15, 0.2) is 5.58 Å². The quantitative estimate of drug-likeness (QED) is 0.378. The summed E-state index contributed by atoms with van der Waals surface area (Å²) in [7, 11) is 0. The molecular weight excluding hydrogens is 404 g/mol. The highest BCUT2D eigenvalue weighted by atomic mass is 79.9. The zero-order chi connectivity index (χ0) is 18.4. The van der Waals surface area contributed by atoms with Crippen LogP contribution in [0.2, 0.25) is 0 Å². The standard InChI is InChI=1S/C22H13BrN2O2/c23-18-13-7-6-12-17(18)19-21-20(25(24-19)14-8-2-1-3-9-14)15-10-4-5-11-16(15)22(26)27-21/h1-13H. The molecule has 0 aliphatic rings. The lowest BCUT2D eigenvalue weighted by atomic mass is 10.1. The maximum atomic E-state index is 12.6. The first kappa shape index (κ1) is 16.0. The second-order valence-corrected chi connectivity index (χ2v) is 7.04. The largest absolute Gasteiger partial charge is 0.418 e. The molecule has 0 N–H and O–H groups in total. The molecule has 5 rings (SSSR count). The third kappa shape index (κ3) is 2.51. The number of benzene rings is 3. The Morgan fingerprint density at radius 3 is 2.26 bits per heavy atom. The first-order chi connectivity index (χ1) is 13.2. The molecule has 5 heteroatoms. The Balaban J connectivity index is 1.99. The minimum atomic E-state index is -0.362. The Bertz CT molecular complexity index is 1350. The molecule has 130 valence electrons. The fourth-order valence-corrected chi connectivity index (χ4v) is 3.81. The van der Waals surface area contributed by atoms with Gasteiger partial charge in [-0.25, -0.2) is 9.48 Å². The highest BCUT2D eigenvalue weighted by Gasteiger charge is 2.21. The molecule has 0 amide bonds. The van der Waals surface area contributed by atoms with Crippen molar-refractivity contribution in [2.24, 2.45) is 0 Å². The van der Waals surface area contributed by atoms with Crippen molar-refractivity contribution in [2.45, 2.75) is 0 Å². The highest BCUT2D eigenvalue weighted by Crippen LogP contribution is 2.36. The van der Waals surface area contributed by atoms with Gasteiger partial charge in [0.1, 0.15) is 11.2 Å². The van der Waals surface area contributed by atoms with Gasteiger partial charge >= 0.3 is 5.63 Å². The van der Waals surface area contributed by atoms with Gasteiger partial charge in [-0.2, -0.15) is 5.10 Å². The summed E-state index contributed by atoms with van der Waals surface area (Å²) >= 11 is 3.58. The number of nitrogens with zero attached hydrogens (tertiary/aromatic N) is 2. The molecule has 0 saturated heterocycles. The van der Waals surface area contributed by atoms with Gasteiger partial charge in [-0.1, -0.05) is 70.5 Å². The van der Waals surface area contributed by atoms with Gasteiger partial charge < -0.3 is 4.42 Å². The topological polar surface area (TPSA) is 48.0 Å². The van der Waals surface area contributed by atoms with E-state index in [0.717, 1.165) is 26.6 Å². The summed E-state index contributed by atoms with van der Waals surface area (Å²) in [6, 6.07) is 25.1. The molecule has 0 atom stereocenters. The lowest BCUT2D eigenvalue weighted by molar-refractivity contribution is 0.570. The Hall–Kier alpha value is -3.18. The second-order valence-electron chi connectivity index (χ2n) is 6.19. The third-order valence-corrected chi connectivity index (χ3v) is 5.26. The lowest BCUT2D eigenvalue weighted by Gasteiger charge is -2.04. The molecule has 4 nitrogen and oxygen atoms in total. The Kier molecular flexibility index (Phi) is 3.69. The molecule has 27 heavy (non-hydrogen) atoms. The molecular formula is C22H13BrN2O2. The average molecular weight is 417 g/mol. The van der Waals surface area contributed by atoms with Crippen LogP contribution in [0.1, 0.15) is 0 Å². The van der Waals surface area contributed by atoms with Crippen LogP contribution in [0.5, 0.6) is 0 Å². The van der Waals surface area contributed by atoms with Crippen molar-refractivity contribution in [3.05, 3.63) is 93.8 Å². The summed E-state index contributed by atoms with van der Waals surface area (Å²) in [5.41, 5.74) is 3.30. The van der Waals surface area contributed by atoms with Gasteiger partial charge in [0.2, 0.25) is 0 Å². The summed E-state index contributed by atoms with van der Waals surface area (Å²) in [5, 5.41) is 6.20. The molecule has 0 aliphatic heterocycles. The van der Waals surface area contributed by atoms with E-state index in [1.54, 1.807) is 6.07 Å². The van der Waals surface area contributed by atoms with Crippen LogP contribution in [0.25, 0.3) is 38.8 Å². The van der Waals surface area contributed by atoms with Crippen molar-refractivity contribution in [1.82, 2.24) is 9.78 Å². The molecule has 5 aromatic rings. The normalized spacial score (nSPS) is 11.3. The molecule has 2 heterocycles.